The van der Waals surface area contributed by atoms with E-state index in [2.05, 4.69) is 15.4 Å². The van der Waals surface area contributed by atoms with Gasteiger partial charge in [0.2, 0.25) is 0 Å². The molecule has 0 atom stereocenters. The van der Waals surface area contributed by atoms with Gasteiger partial charge in [-0.2, -0.15) is 9.78 Å². The van der Waals surface area contributed by atoms with Crippen LogP contribution < -0.4 is 15.8 Å². The lowest BCUT2D eigenvalue weighted by molar-refractivity contribution is 0.0947. The molecule has 0 bridgehead atoms. The standard InChI is InChI=1S/C24H21ClN6O3S2/c1-29(2)19-4-6-22(32)30(12-17-10-26-14-35-17)23(19)18-9-21(27-11-16-3-5-20(25)36-16)31(28-18)24(33)15-7-8-34-13-15/h3-10,13-14,27H,11-12H2,1-2H3. The van der Waals surface area contributed by atoms with Crippen molar-refractivity contribution in [1.29, 1.82) is 0 Å². The predicted molar refractivity (Wildman–Crippen MR) is 143 cm³/mol. The monoisotopic (exact) mass is 540 g/mol. The van der Waals surface area contributed by atoms with Crippen LogP contribution in [0, 0.1) is 0 Å². The molecule has 0 radical (unpaired) electrons. The molecule has 0 spiro atoms. The highest BCUT2D eigenvalue weighted by Gasteiger charge is 2.23. The average molecular weight is 541 g/mol. The Kier molecular flexibility index (Phi) is 6.77. The van der Waals surface area contributed by atoms with Gasteiger partial charge in [-0.15, -0.1) is 22.7 Å². The summed E-state index contributed by atoms with van der Waals surface area (Å²) in [6, 6.07) is 10.4. The lowest BCUT2D eigenvalue weighted by Gasteiger charge is -2.20. The minimum atomic E-state index is -0.361. The first kappa shape index (κ1) is 24.0. The van der Waals surface area contributed by atoms with Gasteiger partial charge in [-0.25, -0.2) is 0 Å². The van der Waals surface area contributed by atoms with Crippen molar-refractivity contribution in [2.24, 2.45) is 0 Å². The lowest BCUT2D eigenvalue weighted by Crippen LogP contribution is -2.25. The lowest BCUT2D eigenvalue weighted by atomic mass is 10.2. The van der Waals surface area contributed by atoms with Crippen molar-refractivity contribution < 1.29 is 9.21 Å². The van der Waals surface area contributed by atoms with E-state index in [1.807, 2.05) is 31.1 Å². The molecule has 0 saturated heterocycles. The van der Waals surface area contributed by atoms with Crippen molar-refractivity contribution in [3.05, 3.63) is 90.6 Å². The summed E-state index contributed by atoms with van der Waals surface area (Å²) in [5.41, 5.74) is 3.77. The number of nitrogens with zero attached hydrogens (tertiary/aromatic N) is 5. The molecule has 5 heterocycles. The molecule has 5 aromatic rings. The molecule has 5 aromatic heterocycles. The van der Waals surface area contributed by atoms with Crippen molar-refractivity contribution in [2.45, 2.75) is 13.1 Å². The van der Waals surface area contributed by atoms with Gasteiger partial charge in [0.1, 0.15) is 17.8 Å². The summed E-state index contributed by atoms with van der Waals surface area (Å²) in [4.78, 5) is 34.3. The van der Waals surface area contributed by atoms with Crippen LogP contribution >= 0.6 is 34.3 Å². The van der Waals surface area contributed by atoms with Crippen LogP contribution in [0.1, 0.15) is 20.1 Å². The second-order valence-electron chi connectivity index (χ2n) is 8.06. The van der Waals surface area contributed by atoms with E-state index in [9.17, 15) is 9.59 Å². The first-order valence-corrected chi connectivity index (χ1v) is 12.9. The molecule has 184 valence electrons. The van der Waals surface area contributed by atoms with Gasteiger partial charge in [-0.05, 0) is 24.3 Å². The van der Waals surface area contributed by atoms with E-state index < -0.39 is 0 Å². The molecule has 12 heteroatoms. The number of rotatable bonds is 8. The van der Waals surface area contributed by atoms with E-state index in [0.29, 0.717) is 40.2 Å². The van der Waals surface area contributed by atoms with E-state index in [1.54, 1.807) is 34.5 Å². The molecule has 1 N–H and O–H groups in total. The van der Waals surface area contributed by atoms with Crippen molar-refractivity contribution in [3.8, 4) is 11.4 Å². The SMILES string of the molecule is CN(C)c1ccc(=O)n(Cc2cncs2)c1-c1cc(NCc2ccc(Cl)s2)n(C(=O)c2ccoc2)n1. The summed E-state index contributed by atoms with van der Waals surface area (Å²) in [6.07, 6.45) is 4.55. The van der Waals surface area contributed by atoms with Gasteiger partial charge in [0.05, 0.1) is 46.1 Å². The number of nitrogens with one attached hydrogen (secondary N) is 1. The van der Waals surface area contributed by atoms with Crippen LogP contribution in [0.3, 0.4) is 0 Å². The van der Waals surface area contributed by atoms with E-state index in [0.717, 1.165) is 15.4 Å². The number of carbonyl (C=O) groups excluding carboxylic acids is 1. The number of furan rings is 1. The molecule has 0 fully saturated rings. The van der Waals surface area contributed by atoms with E-state index >= 15 is 0 Å². The number of carbonyl (C=O) groups is 1. The van der Waals surface area contributed by atoms with E-state index in [4.69, 9.17) is 16.0 Å². The molecular formula is C24H21ClN6O3S2. The topological polar surface area (TPSA) is 98.2 Å². The summed E-state index contributed by atoms with van der Waals surface area (Å²) >= 11 is 9.00. The summed E-state index contributed by atoms with van der Waals surface area (Å²) in [6.45, 7) is 0.781. The van der Waals surface area contributed by atoms with Crippen LogP contribution in [0.25, 0.3) is 11.4 Å². The molecule has 0 aromatic carbocycles. The van der Waals surface area contributed by atoms with Crippen LogP contribution in [0.15, 0.2) is 69.8 Å². The predicted octanol–water partition coefficient (Wildman–Crippen LogP) is 4.89. The number of aromatic nitrogens is 4. The Morgan fingerprint density at radius 2 is 2.06 bits per heavy atom. The summed E-state index contributed by atoms with van der Waals surface area (Å²) < 4.78 is 8.74. The number of hydrogen-bond acceptors (Lipinski definition) is 9. The fraction of sp³-hybridized carbons (Fsp3) is 0.167. The molecule has 0 saturated carbocycles. The Balaban J connectivity index is 1.63. The second-order valence-corrected chi connectivity index (χ2v) is 10.8. The van der Waals surface area contributed by atoms with Crippen molar-refractivity contribution >= 4 is 51.7 Å². The quantitative estimate of drug-likeness (QED) is 0.299. The highest BCUT2D eigenvalue weighted by molar-refractivity contribution is 7.16. The van der Waals surface area contributed by atoms with Gasteiger partial charge in [0.25, 0.3) is 11.5 Å². The van der Waals surface area contributed by atoms with Gasteiger partial charge >= 0.3 is 0 Å². The normalized spacial score (nSPS) is 11.1. The fourth-order valence-corrected chi connectivity index (χ4v) is 5.35. The molecule has 0 aliphatic heterocycles. The molecule has 9 nitrogen and oxygen atoms in total. The maximum absolute atomic E-state index is 13.3. The highest BCUT2D eigenvalue weighted by atomic mass is 35.5. The fourth-order valence-electron chi connectivity index (χ4n) is 3.74. The number of thiazole rings is 1. The number of thiophene rings is 1. The van der Waals surface area contributed by atoms with Gasteiger partial charge in [0, 0.05) is 42.2 Å². The molecular weight excluding hydrogens is 520 g/mol. The van der Waals surface area contributed by atoms with Gasteiger partial charge < -0.3 is 14.6 Å². The number of hydrogen-bond donors (Lipinski definition) is 1. The zero-order chi connectivity index (χ0) is 25.2. The molecule has 36 heavy (non-hydrogen) atoms. The van der Waals surface area contributed by atoms with Crippen molar-refractivity contribution in [1.82, 2.24) is 19.3 Å². The van der Waals surface area contributed by atoms with E-state index in [-0.39, 0.29) is 11.5 Å². The Morgan fingerprint density at radius 1 is 1.19 bits per heavy atom. The Hall–Kier alpha value is -3.67. The van der Waals surface area contributed by atoms with Crippen LogP contribution in [0.4, 0.5) is 11.5 Å². The molecule has 0 aliphatic carbocycles. The second kappa shape index (κ2) is 10.1. The summed E-state index contributed by atoms with van der Waals surface area (Å²) in [5, 5.41) is 7.97. The largest absolute Gasteiger partial charge is 0.472 e. The van der Waals surface area contributed by atoms with Crippen LogP contribution in [0.5, 0.6) is 0 Å². The maximum atomic E-state index is 13.3. The molecule has 5 rings (SSSR count). The number of halogens is 1. The van der Waals surface area contributed by atoms with Crippen LogP contribution in [-0.4, -0.2) is 39.3 Å². The minimum absolute atomic E-state index is 0.178. The van der Waals surface area contributed by atoms with Crippen LogP contribution in [0.2, 0.25) is 4.34 Å². The molecule has 0 amide bonds. The highest BCUT2D eigenvalue weighted by Crippen LogP contribution is 2.31. The number of anilines is 2. The third-order valence-electron chi connectivity index (χ3n) is 5.43. The Labute approximate surface area is 219 Å². The zero-order valence-corrected chi connectivity index (χ0v) is 21.7. The minimum Gasteiger partial charge on any atom is -0.472 e. The van der Waals surface area contributed by atoms with Crippen molar-refractivity contribution in [2.75, 3.05) is 24.3 Å². The van der Waals surface area contributed by atoms with Crippen LogP contribution in [-0.2, 0) is 13.1 Å². The van der Waals surface area contributed by atoms with Gasteiger partial charge in [-0.1, -0.05) is 11.6 Å². The van der Waals surface area contributed by atoms with E-state index in [1.165, 1.54) is 45.9 Å². The summed E-state index contributed by atoms with van der Waals surface area (Å²) in [5.74, 6) is 0.117. The first-order valence-electron chi connectivity index (χ1n) is 10.8. The maximum Gasteiger partial charge on any atom is 0.283 e. The average Bonchev–Trinajstić information content (AvgIpc) is 3.66. The smallest absolute Gasteiger partial charge is 0.283 e. The molecule has 0 unspecified atom stereocenters. The van der Waals surface area contributed by atoms with Crippen molar-refractivity contribution in [3.63, 3.8) is 0 Å². The zero-order valence-electron chi connectivity index (χ0n) is 19.3. The number of pyridine rings is 1. The van der Waals surface area contributed by atoms with Gasteiger partial charge in [0.15, 0.2) is 0 Å². The third kappa shape index (κ3) is 4.85. The first-order chi connectivity index (χ1) is 17.4. The Morgan fingerprint density at radius 3 is 2.72 bits per heavy atom. The Bertz CT molecular complexity index is 1550. The van der Waals surface area contributed by atoms with Gasteiger partial charge in [-0.3, -0.25) is 19.1 Å². The summed E-state index contributed by atoms with van der Waals surface area (Å²) in [7, 11) is 3.79. The third-order valence-corrected chi connectivity index (χ3v) is 7.42. The molecule has 0 aliphatic rings.